The Morgan fingerprint density at radius 3 is 2.10 bits per heavy atom. The molecule has 0 saturated carbocycles. The molecule has 0 spiro atoms. The summed E-state index contributed by atoms with van der Waals surface area (Å²) in [7, 11) is 2.68. The molecule has 0 aromatic carbocycles. The van der Waals surface area contributed by atoms with Gasteiger partial charge in [-0.15, -0.1) is 0 Å². The molecule has 0 aliphatic heterocycles. The van der Waals surface area contributed by atoms with E-state index in [1.54, 1.807) is 0 Å². The lowest BCUT2D eigenvalue weighted by Crippen LogP contribution is -2.34. The lowest BCUT2D eigenvalue weighted by atomic mass is 10.2. The first kappa shape index (κ1) is 9.39. The predicted octanol–water partition coefficient (Wildman–Crippen LogP) is -0.0649. The average Bonchev–Trinajstić information content (AvgIpc) is 1.88. The van der Waals surface area contributed by atoms with Gasteiger partial charge in [0, 0.05) is 14.2 Å². The lowest BCUT2D eigenvalue weighted by Gasteiger charge is -2.16. The topological polar surface area (TPSA) is 55.8 Å². The summed E-state index contributed by atoms with van der Waals surface area (Å²) in [5.74, 6) is -1.07. The molecule has 2 atom stereocenters. The molecule has 0 aliphatic carbocycles. The van der Waals surface area contributed by atoms with Gasteiger partial charge in [0.15, 0.2) is 6.10 Å². The van der Waals surface area contributed by atoms with E-state index in [0.717, 1.165) is 0 Å². The number of hydrogen-bond acceptors (Lipinski definition) is 3. The van der Waals surface area contributed by atoms with Gasteiger partial charge in [0.2, 0.25) is 0 Å². The van der Waals surface area contributed by atoms with Crippen molar-refractivity contribution in [3.8, 4) is 0 Å². The third-order valence-corrected chi connectivity index (χ3v) is 1.14. The van der Waals surface area contributed by atoms with E-state index in [2.05, 4.69) is 16.4 Å². The summed E-state index contributed by atoms with van der Waals surface area (Å²) in [6.07, 6.45) is -1.65. The van der Waals surface area contributed by atoms with Crippen LogP contribution in [-0.2, 0) is 14.3 Å². The third kappa shape index (κ3) is 2.33. The molecular formula is C6H11O4. The second-order valence-corrected chi connectivity index (χ2v) is 1.77. The first-order valence-corrected chi connectivity index (χ1v) is 2.75. The summed E-state index contributed by atoms with van der Waals surface area (Å²) in [4.78, 5) is 10.3. The quantitative estimate of drug-likeness (QED) is 0.605. The summed E-state index contributed by atoms with van der Waals surface area (Å²) in [6, 6.07) is 0. The molecular weight excluding hydrogens is 136 g/mol. The van der Waals surface area contributed by atoms with E-state index in [1.165, 1.54) is 14.2 Å². The van der Waals surface area contributed by atoms with E-state index in [1.807, 2.05) is 0 Å². The summed E-state index contributed by atoms with van der Waals surface area (Å²) in [5, 5.41) is 8.43. The van der Waals surface area contributed by atoms with E-state index in [4.69, 9.17) is 5.11 Å². The second kappa shape index (κ2) is 4.24. The largest absolute Gasteiger partial charge is 0.479 e. The Kier molecular flexibility index (Phi) is 3.99. The van der Waals surface area contributed by atoms with Crippen molar-refractivity contribution in [1.29, 1.82) is 0 Å². The molecule has 4 heteroatoms. The van der Waals surface area contributed by atoms with Gasteiger partial charge in [-0.1, -0.05) is 0 Å². The van der Waals surface area contributed by atoms with Gasteiger partial charge in [-0.05, 0) is 6.92 Å². The smallest absolute Gasteiger partial charge is 0.335 e. The standard InChI is InChI=1S/C6H11O4/c1-4(9-2)5(10-3)6(7)8/h4-5H,1H2,2-3H3,(H,7,8). The van der Waals surface area contributed by atoms with E-state index in [0.29, 0.717) is 0 Å². The zero-order valence-electron chi connectivity index (χ0n) is 6.03. The summed E-state index contributed by atoms with van der Waals surface area (Å²) < 4.78 is 9.22. The second-order valence-electron chi connectivity index (χ2n) is 1.77. The van der Waals surface area contributed by atoms with Crippen LogP contribution in [-0.4, -0.2) is 37.5 Å². The summed E-state index contributed by atoms with van der Waals surface area (Å²) in [5.41, 5.74) is 0. The van der Waals surface area contributed by atoms with Crippen LogP contribution in [0.1, 0.15) is 0 Å². The number of methoxy groups -OCH3 is 2. The van der Waals surface area contributed by atoms with E-state index in [9.17, 15) is 4.79 Å². The van der Waals surface area contributed by atoms with Crippen LogP contribution in [0.3, 0.4) is 0 Å². The number of aliphatic carboxylic acids is 1. The molecule has 0 aromatic rings. The van der Waals surface area contributed by atoms with Crippen molar-refractivity contribution in [3.63, 3.8) is 0 Å². The number of hydrogen-bond donors (Lipinski definition) is 1. The SMILES string of the molecule is [CH2]C(OC)C(OC)C(=O)O. The predicted molar refractivity (Wildman–Crippen MR) is 34.6 cm³/mol. The van der Waals surface area contributed by atoms with Crippen LogP contribution in [0.25, 0.3) is 0 Å². The Bertz CT molecular complexity index is 112. The van der Waals surface area contributed by atoms with Crippen molar-refractivity contribution in [2.45, 2.75) is 12.2 Å². The molecule has 0 aliphatic rings. The molecule has 4 nitrogen and oxygen atoms in total. The highest BCUT2D eigenvalue weighted by Crippen LogP contribution is 2.00. The fourth-order valence-corrected chi connectivity index (χ4v) is 0.535. The minimum Gasteiger partial charge on any atom is -0.479 e. The van der Waals surface area contributed by atoms with Crippen molar-refractivity contribution in [2.24, 2.45) is 0 Å². The van der Waals surface area contributed by atoms with Crippen LogP contribution in [0.2, 0.25) is 0 Å². The molecule has 0 amide bonds. The maximum atomic E-state index is 10.3. The zero-order valence-corrected chi connectivity index (χ0v) is 6.03. The molecule has 0 bridgehead atoms. The first-order chi connectivity index (χ1) is 4.63. The molecule has 0 rings (SSSR count). The molecule has 10 heavy (non-hydrogen) atoms. The van der Waals surface area contributed by atoms with Crippen molar-refractivity contribution in [3.05, 3.63) is 6.92 Å². The number of carboxylic acid groups (broad SMARTS) is 1. The van der Waals surface area contributed by atoms with Gasteiger partial charge in [0.1, 0.15) is 0 Å². The van der Waals surface area contributed by atoms with Crippen LogP contribution >= 0.6 is 0 Å². The monoisotopic (exact) mass is 147 g/mol. The average molecular weight is 147 g/mol. The van der Waals surface area contributed by atoms with E-state index in [-0.39, 0.29) is 0 Å². The fourth-order valence-electron chi connectivity index (χ4n) is 0.535. The molecule has 0 heterocycles. The number of carboxylic acids is 1. The van der Waals surface area contributed by atoms with Gasteiger partial charge in [-0.25, -0.2) is 4.79 Å². The molecule has 2 unspecified atom stereocenters. The number of rotatable bonds is 4. The van der Waals surface area contributed by atoms with Crippen LogP contribution in [0.15, 0.2) is 0 Å². The van der Waals surface area contributed by atoms with Crippen LogP contribution < -0.4 is 0 Å². The van der Waals surface area contributed by atoms with Crippen LogP contribution in [0.5, 0.6) is 0 Å². The van der Waals surface area contributed by atoms with E-state index >= 15 is 0 Å². The van der Waals surface area contributed by atoms with Crippen molar-refractivity contribution in [1.82, 2.24) is 0 Å². The van der Waals surface area contributed by atoms with E-state index < -0.39 is 18.2 Å². The Labute approximate surface area is 59.7 Å². The van der Waals surface area contributed by atoms with Crippen molar-refractivity contribution >= 4 is 5.97 Å². The number of carbonyl (C=O) groups is 1. The Morgan fingerprint density at radius 2 is 2.00 bits per heavy atom. The Morgan fingerprint density at radius 1 is 1.50 bits per heavy atom. The highest BCUT2D eigenvalue weighted by Gasteiger charge is 2.23. The highest BCUT2D eigenvalue weighted by molar-refractivity contribution is 5.73. The molecule has 1 radical (unpaired) electrons. The Balaban J connectivity index is 3.92. The van der Waals surface area contributed by atoms with Crippen molar-refractivity contribution < 1.29 is 19.4 Å². The number of ether oxygens (including phenoxy) is 2. The van der Waals surface area contributed by atoms with Crippen LogP contribution in [0, 0.1) is 6.92 Å². The molecule has 59 valence electrons. The first-order valence-electron chi connectivity index (χ1n) is 2.75. The summed E-state index contributed by atoms with van der Waals surface area (Å²) in [6.45, 7) is 3.42. The fraction of sp³-hybridized carbons (Fsp3) is 0.667. The van der Waals surface area contributed by atoms with Crippen molar-refractivity contribution in [2.75, 3.05) is 14.2 Å². The minimum atomic E-state index is -1.07. The van der Waals surface area contributed by atoms with Gasteiger partial charge < -0.3 is 14.6 Å². The molecule has 0 aromatic heterocycles. The van der Waals surface area contributed by atoms with Gasteiger partial charge >= 0.3 is 5.97 Å². The molecule has 0 fully saturated rings. The summed E-state index contributed by atoms with van der Waals surface area (Å²) >= 11 is 0. The molecule has 1 N–H and O–H groups in total. The van der Waals surface area contributed by atoms with Crippen LogP contribution in [0.4, 0.5) is 0 Å². The molecule has 0 saturated heterocycles. The van der Waals surface area contributed by atoms with Gasteiger partial charge in [0.25, 0.3) is 0 Å². The lowest BCUT2D eigenvalue weighted by molar-refractivity contribution is -0.154. The highest BCUT2D eigenvalue weighted by atomic mass is 16.5. The van der Waals surface area contributed by atoms with Gasteiger partial charge in [-0.3, -0.25) is 0 Å². The zero-order chi connectivity index (χ0) is 8.15. The Hall–Kier alpha value is -0.610. The van der Waals surface area contributed by atoms with Gasteiger partial charge in [-0.2, -0.15) is 0 Å². The maximum absolute atomic E-state index is 10.3. The maximum Gasteiger partial charge on any atom is 0.335 e. The third-order valence-electron chi connectivity index (χ3n) is 1.14. The minimum absolute atomic E-state index is 0.664. The van der Waals surface area contributed by atoms with Gasteiger partial charge in [0.05, 0.1) is 6.10 Å². The normalized spacial score (nSPS) is 16.3.